The fourth-order valence-corrected chi connectivity index (χ4v) is 2.47. The Labute approximate surface area is 115 Å². The minimum atomic E-state index is 0.334. The quantitative estimate of drug-likeness (QED) is 0.846. The van der Waals surface area contributed by atoms with Crippen LogP contribution in [0.1, 0.15) is 19.8 Å². The molecule has 3 N–H and O–H groups in total. The number of nitrogen functional groups attached to an aromatic ring is 1. The van der Waals surface area contributed by atoms with Crippen LogP contribution in [-0.4, -0.2) is 54.6 Å². The monoisotopic (exact) mass is 264 g/mol. The van der Waals surface area contributed by atoms with Crippen LogP contribution in [0.4, 0.5) is 17.6 Å². The SMILES string of the molecule is CCNc1cc(N2CCCC(N(C)C)C2)nc(N)n1. The number of hydrogen-bond acceptors (Lipinski definition) is 6. The van der Waals surface area contributed by atoms with Gasteiger partial charge in [-0.05, 0) is 33.9 Å². The predicted octanol–water partition coefficient (Wildman–Crippen LogP) is 1.02. The van der Waals surface area contributed by atoms with Crippen molar-refractivity contribution in [2.75, 3.05) is 49.7 Å². The number of nitrogens with two attached hydrogens (primary N) is 1. The Morgan fingerprint density at radius 2 is 2.26 bits per heavy atom. The molecule has 0 aliphatic carbocycles. The van der Waals surface area contributed by atoms with Crippen molar-refractivity contribution < 1.29 is 0 Å². The lowest BCUT2D eigenvalue weighted by molar-refractivity contribution is 0.257. The largest absolute Gasteiger partial charge is 0.370 e. The number of anilines is 3. The molecule has 0 spiro atoms. The molecule has 1 aromatic rings. The van der Waals surface area contributed by atoms with Crippen LogP contribution in [0.2, 0.25) is 0 Å². The van der Waals surface area contributed by atoms with E-state index in [1.54, 1.807) is 0 Å². The van der Waals surface area contributed by atoms with Gasteiger partial charge in [0.2, 0.25) is 5.95 Å². The number of nitrogens with zero attached hydrogens (tertiary/aromatic N) is 4. The molecular formula is C13H24N6. The molecule has 1 aliphatic rings. The fraction of sp³-hybridized carbons (Fsp3) is 0.692. The van der Waals surface area contributed by atoms with Gasteiger partial charge in [0.1, 0.15) is 11.6 Å². The number of aromatic nitrogens is 2. The molecule has 6 nitrogen and oxygen atoms in total. The molecule has 0 aromatic carbocycles. The molecule has 1 fully saturated rings. The molecule has 19 heavy (non-hydrogen) atoms. The summed E-state index contributed by atoms with van der Waals surface area (Å²) < 4.78 is 0. The van der Waals surface area contributed by atoms with Crippen molar-refractivity contribution in [1.29, 1.82) is 0 Å². The molecule has 0 bridgehead atoms. The van der Waals surface area contributed by atoms with Crippen molar-refractivity contribution in [3.63, 3.8) is 0 Å². The van der Waals surface area contributed by atoms with Crippen LogP contribution >= 0.6 is 0 Å². The number of nitrogens with one attached hydrogen (secondary N) is 1. The van der Waals surface area contributed by atoms with Crippen molar-refractivity contribution in [3.05, 3.63) is 6.07 Å². The summed E-state index contributed by atoms with van der Waals surface area (Å²) in [6, 6.07) is 2.56. The maximum atomic E-state index is 5.79. The zero-order valence-corrected chi connectivity index (χ0v) is 12.1. The van der Waals surface area contributed by atoms with Crippen LogP contribution in [0.15, 0.2) is 6.07 Å². The molecule has 6 heteroatoms. The van der Waals surface area contributed by atoms with Crippen molar-refractivity contribution >= 4 is 17.6 Å². The normalized spacial score (nSPS) is 19.8. The Bertz CT molecular complexity index is 420. The van der Waals surface area contributed by atoms with E-state index in [0.717, 1.165) is 31.3 Å². The van der Waals surface area contributed by atoms with Crippen LogP contribution < -0.4 is 16.0 Å². The number of piperidine rings is 1. The van der Waals surface area contributed by atoms with Crippen molar-refractivity contribution in [2.24, 2.45) is 0 Å². The molecule has 106 valence electrons. The summed E-state index contributed by atoms with van der Waals surface area (Å²) in [5.41, 5.74) is 5.79. The Hall–Kier alpha value is -1.56. The average molecular weight is 264 g/mol. The van der Waals surface area contributed by atoms with Crippen LogP contribution in [-0.2, 0) is 0 Å². The summed E-state index contributed by atoms with van der Waals surface area (Å²) in [7, 11) is 4.26. The van der Waals surface area contributed by atoms with E-state index in [0.29, 0.717) is 12.0 Å². The maximum Gasteiger partial charge on any atom is 0.223 e. The lowest BCUT2D eigenvalue weighted by atomic mass is 10.1. The summed E-state index contributed by atoms with van der Waals surface area (Å²) >= 11 is 0. The van der Waals surface area contributed by atoms with Gasteiger partial charge in [0, 0.05) is 31.7 Å². The van der Waals surface area contributed by atoms with Gasteiger partial charge in [-0.2, -0.15) is 9.97 Å². The second kappa shape index (κ2) is 6.06. The number of likely N-dealkylation sites (N-methyl/N-ethyl adjacent to an activating group) is 1. The first-order valence-corrected chi connectivity index (χ1v) is 6.90. The van der Waals surface area contributed by atoms with Crippen molar-refractivity contribution in [1.82, 2.24) is 14.9 Å². The van der Waals surface area contributed by atoms with Crippen LogP contribution in [0.5, 0.6) is 0 Å². The van der Waals surface area contributed by atoms with Crippen molar-refractivity contribution in [3.8, 4) is 0 Å². The molecule has 1 saturated heterocycles. The highest BCUT2D eigenvalue weighted by Crippen LogP contribution is 2.22. The van der Waals surface area contributed by atoms with E-state index in [2.05, 4.69) is 39.2 Å². The molecule has 1 atom stereocenters. The van der Waals surface area contributed by atoms with Gasteiger partial charge in [-0.3, -0.25) is 0 Å². The molecule has 1 unspecified atom stereocenters. The molecule has 0 radical (unpaired) electrons. The van der Waals surface area contributed by atoms with E-state index >= 15 is 0 Å². The van der Waals surface area contributed by atoms with Gasteiger partial charge in [0.05, 0.1) is 0 Å². The van der Waals surface area contributed by atoms with Gasteiger partial charge < -0.3 is 20.9 Å². The third kappa shape index (κ3) is 3.47. The smallest absolute Gasteiger partial charge is 0.223 e. The minimum Gasteiger partial charge on any atom is -0.370 e. The van der Waals surface area contributed by atoms with Gasteiger partial charge in [-0.25, -0.2) is 0 Å². The molecule has 0 amide bonds. The van der Waals surface area contributed by atoms with Gasteiger partial charge in [0.15, 0.2) is 0 Å². The first-order chi connectivity index (χ1) is 9.10. The van der Waals surface area contributed by atoms with E-state index < -0.39 is 0 Å². The van der Waals surface area contributed by atoms with Crippen LogP contribution in [0.3, 0.4) is 0 Å². The first kappa shape index (κ1) is 13.9. The molecule has 0 saturated carbocycles. The Balaban J connectivity index is 2.16. The summed E-state index contributed by atoms with van der Waals surface area (Å²) in [6.07, 6.45) is 2.42. The zero-order valence-electron chi connectivity index (χ0n) is 12.1. The molecule has 2 rings (SSSR count). The molecule has 1 aromatic heterocycles. The summed E-state index contributed by atoms with van der Waals surface area (Å²) in [4.78, 5) is 13.1. The number of hydrogen-bond donors (Lipinski definition) is 2. The second-order valence-corrected chi connectivity index (χ2v) is 5.21. The van der Waals surface area contributed by atoms with Gasteiger partial charge >= 0.3 is 0 Å². The molecule has 2 heterocycles. The summed E-state index contributed by atoms with van der Waals surface area (Å²) in [6.45, 7) is 4.90. The lowest BCUT2D eigenvalue weighted by Crippen LogP contribution is -2.45. The molecule has 1 aliphatic heterocycles. The Morgan fingerprint density at radius 1 is 1.47 bits per heavy atom. The topological polar surface area (TPSA) is 70.3 Å². The van der Waals surface area contributed by atoms with E-state index in [1.165, 1.54) is 12.8 Å². The highest BCUT2D eigenvalue weighted by molar-refractivity contribution is 5.52. The van der Waals surface area contributed by atoms with Crippen molar-refractivity contribution in [2.45, 2.75) is 25.8 Å². The Kier molecular flexibility index (Phi) is 4.42. The van der Waals surface area contributed by atoms with Crippen LogP contribution in [0, 0.1) is 0 Å². The van der Waals surface area contributed by atoms with Gasteiger partial charge in [0.25, 0.3) is 0 Å². The zero-order chi connectivity index (χ0) is 13.8. The van der Waals surface area contributed by atoms with Gasteiger partial charge in [-0.1, -0.05) is 0 Å². The van der Waals surface area contributed by atoms with E-state index in [9.17, 15) is 0 Å². The second-order valence-electron chi connectivity index (χ2n) is 5.21. The predicted molar refractivity (Wildman–Crippen MR) is 79.5 cm³/mol. The highest BCUT2D eigenvalue weighted by Gasteiger charge is 2.22. The maximum absolute atomic E-state index is 5.79. The summed E-state index contributed by atoms with van der Waals surface area (Å²) in [5.74, 6) is 2.06. The third-order valence-electron chi connectivity index (χ3n) is 3.54. The third-order valence-corrected chi connectivity index (χ3v) is 3.54. The van der Waals surface area contributed by atoms with E-state index in [1.807, 2.05) is 13.0 Å². The average Bonchev–Trinajstić information content (AvgIpc) is 2.38. The fourth-order valence-electron chi connectivity index (χ4n) is 2.47. The lowest BCUT2D eigenvalue weighted by Gasteiger charge is -2.36. The molecular weight excluding hydrogens is 240 g/mol. The summed E-state index contributed by atoms with van der Waals surface area (Å²) in [5, 5.41) is 3.19. The van der Waals surface area contributed by atoms with E-state index in [4.69, 9.17) is 5.73 Å². The van der Waals surface area contributed by atoms with Crippen LogP contribution in [0.25, 0.3) is 0 Å². The first-order valence-electron chi connectivity index (χ1n) is 6.90. The minimum absolute atomic E-state index is 0.334. The van der Waals surface area contributed by atoms with Gasteiger partial charge in [-0.15, -0.1) is 0 Å². The Morgan fingerprint density at radius 3 is 2.95 bits per heavy atom. The highest BCUT2D eigenvalue weighted by atomic mass is 15.3. The van der Waals surface area contributed by atoms with E-state index in [-0.39, 0.29) is 0 Å². The standard InChI is InChI=1S/C13H24N6/c1-4-15-11-8-12(17-13(14)16-11)19-7-5-6-10(9-19)18(2)3/h8,10H,4-7,9H2,1-3H3,(H3,14,15,16,17). The number of rotatable bonds is 4.